The van der Waals surface area contributed by atoms with E-state index in [-0.39, 0.29) is 12.5 Å². The number of ether oxygens (including phenoxy) is 1. The molecule has 0 spiro atoms. The van der Waals surface area contributed by atoms with E-state index in [1.54, 1.807) is 0 Å². The molecule has 1 rings (SSSR count). The largest absolute Gasteiger partial charge is 0.483 e. The summed E-state index contributed by atoms with van der Waals surface area (Å²) in [6.45, 7) is 8.18. The minimum Gasteiger partial charge on any atom is -0.483 e. The highest BCUT2D eigenvalue weighted by molar-refractivity contribution is 5.86. The van der Waals surface area contributed by atoms with Crippen LogP contribution in [-0.2, 0) is 4.79 Å². The lowest BCUT2D eigenvalue weighted by Crippen LogP contribution is -2.26. The third-order valence-corrected chi connectivity index (χ3v) is 3.48. The molecule has 0 unspecified atom stereocenters. The maximum absolute atomic E-state index is 11.8. The van der Waals surface area contributed by atoms with Crippen LogP contribution in [0.5, 0.6) is 5.75 Å². The molecule has 0 fully saturated rings. The fraction of sp³-hybridized carbons (Fsp3) is 0.529. The van der Waals surface area contributed by atoms with Gasteiger partial charge in [-0.1, -0.05) is 32.4 Å². The van der Waals surface area contributed by atoms with Crippen LogP contribution in [0.2, 0.25) is 0 Å². The van der Waals surface area contributed by atoms with Crippen LogP contribution in [0.3, 0.4) is 0 Å². The quantitative estimate of drug-likeness (QED) is 0.585. The average Bonchev–Trinajstić information content (AvgIpc) is 2.49. The molecule has 0 atom stereocenters. The standard InChI is InChI=1S/C17H26N2O2/c1-5-7-10-15(6-2)18-19-17(20)12-21-16-11-8-9-13(3)14(16)4/h8-9,11H,5-7,10,12H2,1-4H3,(H,19,20)/b18-15+. The molecular formula is C17H26N2O2. The van der Waals surface area contributed by atoms with Gasteiger partial charge in [-0.3, -0.25) is 4.79 Å². The second-order valence-electron chi connectivity index (χ2n) is 5.16. The highest BCUT2D eigenvalue weighted by atomic mass is 16.5. The topological polar surface area (TPSA) is 50.7 Å². The number of hydrogen-bond donors (Lipinski definition) is 1. The molecule has 4 nitrogen and oxygen atoms in total. The number of nitrogens with zero attached hydrogens (tertiary/aromatic N) is 1. The van der Waals surface area contributed by atoms with Crippen LogP contribution in [0.4, 0.5) is 0 Å². The van der Waals surface area contributed by atoms with Crippen molar-refractivity contribution in [3.63, 3.8) is 0 Å². The Bertz CT molecular complexity index is 496. The summed E-state index contributed by atoms with van der Waals surface area (Å²) in [6.07, 6.45) is 4.02. The van der Waals surface area contributed by atoms with E-state index in [9.17, 15) is 4.79 Å². The van der Waals surface area contributed by atoms with Crippen LogP contribution >= 0.6 is 0 Å². The molecule has 1 aromatic carbocycles. The molecular weight excluding hydrogens is 264 g/mol. The molecule has 0 saturated heterocycles. The van der Waals surface area contributed by atoms with Crippen LogP contribution in [0, 0.1) is 13.8 Å². The number of carbonyl (C=O) groups excluding carboxylic acids is 1. The highest BCUT2D eigenvalue weighted by Crippen LogP contribution is 2.20. The number of aryl methyl sites for hydroxylation is 1. The molecule has 0 aliphatic rings. The second-order valence-corrected chi connectivity index (χ2v) is 5.16. The van der Waals surface area contributed by atoms with E-state index in [2.05, 4.69) is 17.5 Å². The van der Waals surface area contributed by atoms with Gasteiger partial charge in [-0.25, -0.2) is 5.43 Å². The van der Waals surface area contributed by atoms with Gasteiger partial charge >= 0.3 is 0 Å². The molecule has 1 amide bonds. The van der Waals surface area contributed by atoms with Crippen molar-refractivity contribution in [2.24, 2.45) is 5.10 Å². The first-order valence-corrected chi connectivity index (χ1v) is 7.61. The Kier molecular flexibility index (Phi) is 7.51. The minimum absolute atomic E-state index is 0.0153. The van der Waals surface area contributed by atoms with Crippen LogP contribution in [0.25, 0.3) is 0 Å². The molecule has 0 aliphatic carbocycles. The number of rotatable bonds is 8. The van der Waals surface area contributed by atoms with Gasteiger partial charge < -0.3 is 4.74 Å². The Labute approximate surface area is 127 Å². The van der Waals surface area contributed by atoms with E-state index in [1.807, 2.05) is 39.0 Å². The van der Waals surface area contributed by atoms with Gasteiger partial charge in [0.05, 0.1) is 0 Å². The number of hydrazone groups is 1. The van der Waals surface area contributed by atoms with Gasteiger partial charge in [0.25, 0.3) is 5.91 Å². The minimum atomic E-state index is -0.224. The molecule has 0 saturated carbocycles. The molecule has 0 bridgehead atoms. The summed E-state index contributed by atoms with van der Waals surface area (Å²) < 4.78 is 5.55. The lowest BCUT2D eigenvalue weighted by Gasteiger charge is -2.10. The molecule has 4 heteroatoms. The fourth-order valence-corrected chi connectivity index (χ4v) is 1.89. The number of hydrogen-bond acceptors (Lipinski definition) is 3. The monoisotopic (exact) mass is 290 g/mol. The van der Waals surface area contributed by atoms with E-state index < -0.39 is 0 Å². The third-order valence-electron chi connectivity index (χ3n) is 3.48. The molecule has 116 valence electrons. The van der Waals surface area contributed by atoms with Gasteiger partial charge in [0.15, 0.2) is 6.61 Å². The van der Waals surface area contributed by atoms with Crippen molar-refractivity contribution in [1.29, 1.82) is 0 Å². The van der Waals surface area contributed by atoms with Gasteiger partial charge in [-0.05, 0) is 50.3 Å². The number of amides is 1. The van der Waals surface area contributed by atoms with E-state index in [1.165, 1.54) is 0 Å². The number of benzene rings is 1. The van der Waals surface area contributed by atoms with Crippen molar-refractivity contribution in [3.8, 4) is 5.75 Å². The number of unbranched alkanes of at least 4 members (excludes halogenated alkanes) is 1. The SMILES string of the molecule is CCCC/C(CC)=N/NC(=O)COc1cccc(C)c1C. The van der Waals surface area contributed by atoms with E-state index in [4.69, 9.17) is 4.74 Å². The average molecular weight is 290 g/mol. The first-order valence-electron chi connectivity index (χ1n) is 7.61. The van der Waals surface area contributed by atoms with Crippen molar-refractivity contribution in [2.75, 3.05) is 6.61 Å². The molecule has 21 heavy (non-hydrogen) atoms. The summed E-state index contributed by atoms with van der Waals surface area (Å²) in [6, 6.07) is 5.82. The van der Waals surface area contributed by atoms with Crippen molar-refractivity contribution in [2.45, 2.75) is 53.4 Å². The summed E-state index contributed by atoms with van der Waals surface area (Å²) >= 11 is 0. The Morgan fingerprint density at radius 1 is 1.29 bits per heavy atom. The van der Waals surface area contributed by atoms with E-state index >= 15 is 0 Å². The van der Waals surface area contributed by atoms with Crippen LogP contribution in [-0.4, -0.2) is 18.2 Å². The Morgan fingerprint density at radius 3 is 2.71 bits per heavy atom. The third kappa shape index (κ3) is 5.98. The maximum Gasteiger partial charge on any atom is 0.277 e. The lowest BCUT2D eigenvalue weighted by molar-refractivity contribution is -0.123. The van der Waals surface area contributed by atoms with Gasteiger partial charge in [0.1, 0.15) is 5.75 Å². The predicted molar refractivity (Wildman–Crippen MR) is 86.8 cm³/mol. The summed E-state index contributed by atoms with van der Waals surface area (Å²) in [4.78, 5) is 11.8. The fourth-order valence-electron chi connectivity index (χ4n) is 1.89. The van der Waals surface area contributed by atoms with E-state index in [0.29, 0.717) is 0 Å². The highest BCUT2D eigenvalue weighted by Gasteiger charge is 2.06. The zero-order chi connectivity index (χ0) is 15.7. The summed E-state index contributed by atoms with van der Waals surface area (Å²) in [5.41, 5.74) is 5.81. The van der Waals surface area contributed by atoms with Gasteiger partial charge in [0.2, 0.25) is 0 Å². The van der Waals surface area contributed by atoms with Gasteiger partial charge in [-0.2, -0.15) is 5.10 Å². The smallest absolute Gasteiger partial charge is 0.277 e. The molecule has 0 radical (unpaired) electrons. The predicted octanol–water partition coefficient (Wildman–Crippen LogP) is 3.75. The van der Waals surface area contributed by atoms with Crippen molar-refractivity contribution in [1.82, 2.24) is 5.43 Å². The second kappa shape index (κ2) is 9.16. The maximum atomic E-state index is 11.8. The Hall–Kier alpha value is -1.84. The zero-order valence-corrected chi connectivity index (χ0v) is 13.5. The van der Waals surface area contributed by atoms with Crippen molar-refractivity contribution in [3.05, 3.63) is 29.3 Å². The van der Waals surface area contributed by atoms with Crippen LogP contribution in [0.1, 0.15) is 50.7 Å². The summed E-state index contributed by atoms with van der Waals surface area (Å²) in [5, 5.41) is 4.17. The molecule has 1 N–H and O–H groups in total. The summed E-state index contributed by atoms with van der Waals surface area (Å²) in [7, 11) is 0. The molecule has 0 aromatic heterocycles. The van der Waals surface area contributed by atoms with Crippen molar-refractivity contribution >= 4 is 11.6 Å². The number of carbonyl (C=O) groups is 1. The van der Waals surface area contributed by atoms with Crippen molar-refractivity contribution < 1.29 is 9.53 Å². The molecule has 1 aromatic rings. The van der Waals surface area contributed by atoms with Crippen LogP contribution < -0.4 is 10.2 Å². The van der Waals surface area contributed by atoms with Gasteiger partial charge in [-0.15, -0.1) is 0 Å². The number of nitrogens with one attached hydrogen (secondary N) is 1. The van der Waals surface area contributed by atoms with Gasteiger partial charge in [0, 0.05) is 5.71 Å². The Balaban J connectivity index is 2.47. The normalized spacial score (nSPS) is 11.3. The zero-order valence-electron chi connectivity index (χ0n) is 13.5. The molecule has 0 aliphatic heterocycles. The van der Waals surface area contributed by atoms with Crippen LogP contribution in [0.15, 0.2) is 23.3 Å². The first-order chi connectivity index (χ1) is 10.1. The summed E-state index contributed by atoms with van der Waals surface area (Å²) in [5.74, 6) is 0.522. The first kappa shape index (κ1) is 17.2. The Morgan fingerprint density at radius 2 is 2.05 bits per heavy atom. The van der Waals surface area contributed by atoms with E-state index in [0.717, 1.165) is 48.3 Å². The molecule has 0 heterocycles. The lowest BCUT2D eigenvalue weighted by atomic mass is 10.1.